The van der Waals surface area contributed by atoms with Crippen molar-refractivity contribution >= 4 is 33.8 Å². The highest BCUT2D eigenvalue weighted by Gasteiger charge is 2.05. The molecule has 6 heteroatoms. The lowest BCUT2D eigenvalue weighted by Crippen LogP contribution is -2.35. The van der Waals surface area contributed by atoms with Gasteiger partial charge in [-0.2, -0.15) is 0 Å². The van der Waals surface area contributed by atoms with E-state index in [2.05, 4.69) is 26.6 Å². The van der Waals surface area contributed by atoms with Crippen molar-refractivity contribution in [2.24, 2.45) is 5.92 Å². The van der Waals surface area contributed by atoms with E-state index in [4.69, 9.17) is 4.74 Å². The van der Waals surface area contributed by atoms with Gasteiger partial charge in [-0.15, -0.1) is 0 Å². The first kappa shape index (κ1) is 18.2. The molecule has 0 atom stereocenters. The quantitative estimate of drug-likeness (QED) is 0.573. The lowest BCUT2D eigenvalue weighted by atomic mass is 10.2. The van der Waals surface area contributed by atoms with Crippen molar-refractivity contribution in [3.8, 4) is 5.75 Å². The van der Waals surface area contributed by atoms with E-state index in [1.54, 1.807) is 13.2 Å². The summed E-state index contributed by atoms with van der Waals surface area (Å²) in [5.41, 5.74) is 0.806. The molecule has 1 aromatic rings. The maximum absolute atomic E-state index is 11.7. The molecule has 1 rings (SSSR count). The van der Waals surface area contributed by atoms with E-state index in [1.807, 2.05) is 32.0 Å². The minimum absolute atomic E-state index is 0.0244. The second-order valence-corrected chi connectivity index (χ2v) is 5.87. The Hall–Kier alpha value is -1.82. The number of rotatable bonds is 7. The van der Waals surface area contributed by atoms with E-state index >= 15 is 0 Å². The van der Waals surface area contributed by atoms with Gasteiger partial charge >= 0.3 is 0 Å². The Morgan fingerprint density at radius 2 is 1.95 bits per heavy atom. The number of methoxy groups -OCH3 is 1. The largest absolute Gasteiger partial charge is 0.496 e. The third kappa shape index (κ3) is 6.30. The number of carbonyl (C=O) groups excluding carboxylic acids is 2. The predicted molar refractivity (Wildman–Crippen MR) is 90.6 cm³/mol. The summed E-state index contributed by atoms with van der Waals surface area (Å²) in [6, 6.07) is 5.56. The van der Waals surface area contributed by atoms with Gasteiger partial charge in [-0.05, 0) is 24.3 Å². The standard InChI is InChI=1S/C16H21BrN2O3/c1-11(2)16(21)19-9-8-18-15(20)7-4-12-10-13(17)5-6-14(12)22-3/h4-7,10-11H,8-9H2,1-3H3,(H,18,20)(H,19,21)/b7-4+. The molecule has 0 aromatic heterocycles. The molecule has 2 amide bonds. The number of hydrogen-bond donors (Lipinski definition) is 2. The maximum atomic E-state index is 11.7. The van der Waals surface area contributed by atoms with Crippen LogP contribution in [0.1, 0.15) is 19.4 Å². The summed E-state index contributed by atoms with van der Waals surface area (Å²) in [5.74, 6) is 0.389. The van der Waals surface area contributed by atoms with E-state index in [9.17, 15) is 9.59 Å². The fourth-order valence-electron chi connectivity index (χ4n) is 1.64. The zero-order valence-electron chi connectivity index (χ0n) is 13.0. The SMILES string of the molecule is COc1ccc(Br)cc1/C=C/C(=O)NCCNC(=O)C(C)C. The van der Waals surface area contributed by atoms with Crippen molar-refractivity contribution in [1.82, 2.24) is 10.6 Å². The van der Waals surface area contributed by atoms with Gasteiger partial charge in [0.05, 0.1) is 7.11 Å². The highest BCUT2D eigenvalue weighted by molar-refractivity contribution is 9.10. The number of carbonyl (C=O) groups is 2. The van der Waals surface area contributed by atoms with Crippen molar-refractivity contribution in [3.05, 3.63) is 34.3 Å². The van der Waals surface area contributed by atoms with Gasteiger partial charge in [0.25, 0.3) is 0 Å². The average Bonchev–Trinajstić information content (AvgIpc) is 2.49. The highest BCUT2D eigenvalue weighted by Crippen LogP contribution is 2.23. The van der Waals surface area contributed by atoms with Gasteiger partial charge in [-0.3, -0.25) is 9.59 Å². The highest BCUT2D eigenvalue weighted by atomic mass is 79.9. The van der Waals surface area contributed by atoms with Crippen molar-refractivity contribution in [2.75, 3.05) is 20.2 Å². The molecule has 0 saturated carbocycles. The van der Waals surface area contributed by atoms with Crippen LogP contribution < -0.4 is 15.4 Å². The zero-order chi connectivity index (χ0) is 16.5. The van der Waals surface area contributed by atoms with Crippen LogP contribution in [0.15, 0.2) is 28.7 Å². The van der Waals surface area contributed by atoms with Gasteiger partial charge in [-0.1, -0.05) is 29.8 Å². The minimum atomic E-state index is -0.221. The summed E-state index contributed by atoms with van der Waals surface area (Å²) < 4.78 is 6.14. The summed E-state index contributed by atoms with van der Waals surface area (Å²) in [6.45, 7) is 4.44. The van der Waals surface area contributed by atoms with E-state index in [0.29, 0.717) is 18.8 Å². The molecular formula is C16H21BrN2O3. The summed E-state index contributed by atoms with van der Waals surface area (Å²) in [7, 11) is 1.58. The van der Waals surface area contributed by atoms with Crippen LogP contribution >= 0.6 is 15.9 Å². The molecule has 0 heterocycles. The lowest BCUT2D eigenvalue weighted by Gasteiger charge is -2.08. The monoisotopic (exact) mass is 368 g/mol. The van der Waals surface area contributed by atoms with Crippen molar-refractivity contribution < 1.29 is 14.3 Å². The topological polar surface area (TPSA) is 67.4 Å². The van der Waals surface area contributed by atoms with Crippen LogP contribution in [0.5, 0.6) is 5.75 Å². The summed E-state index contributed by atoms with van der Waals surface area (Å²) in [5, 5.41) is 5.44. The molecular weight excluding hydrogens is 348 g/mol. The number of hydrogen-bond acceptors (Lipinski definition) is 3. The van der Waals surface area contributed by atoms with E-state index < -0.39 is 0 Å². The third-order valence-corrected chi connectivity index (χ3v) is 3.35. The molecule has 120 valence electrons. The summed E-state index contributed by atoms with van der Waals surface area (Å²) >= 11 is 3.38. The fraction of sp³-hybridized carbons (Fsp3) is 0.375. The normalized spacial score (nSPS) is 10.8. The molecule has 5 nitrogen and oxygen atoms in total. The summed E-state index contributed by atoms with van der Waals surface area (Å²) in [6.07, 6.45) is 3.13. The van der Waals surface area contributed by atoms with Crippen molar-refractivity contribution in [2.45, 2.75) is 13.8 Å². The van der Waals surface area contributed by atoms with Gasteiger partial charge in [0, 0.05) is 35.1 Å². The molecule has 0 saturated heterocycles. The predicted octanol–water partition coefficient (Wildman–Crippen LogP) is 2.36. The first-order valence-electron chi connectivity index (χ1n) is 7.01. The molecule has 0 aliphatic carbocycles. The van der Waals surface area contributed by atoms with Crippen LogP contribution in [0.2, 0.25) is 0 Å². The van der Waals surface area contributed by atoms with Gasteiger partial charge < -0.3 is 15.4 Å². The smallest absolute Gasteiger partial charge is 0.244 e. The number of ether oxygens (including phenoxy) is 1. The molecule has 2 N–H and O–H groups in total. The van der Waals surface area contributed by atoms with Gasteiger partial charge in [-0.25, -0.2) is 0 Å². The molecule has 22 heavy (non-hydrogen) atoms. The van der Waals surface area contributed by atoms with E-state index in [1.165, 1.54) is 6.08 Å². The molecule has 0 bridgehead atoms. The van der Waals surface area contributed by atoms with Crippen LogP contribution in [0.25, 0.3) is 6.08 Å². The molecule has 0 aliphatic rings. The third-order valence-electron chi connectivity index (χ3n) is 2.85. The Morgan fingerprint density at radius 1 is 1.27 bits per heavy atom. The van der Waals surface area contributed by atoms with Crippen LogP contribution in [0.4, 0.5) is 0 Å². The second-order valence-electron chi connectivity index (χ2n) is 4.96. The molecule has 0 unspecified atom stereocenters. The zero-order valence-corrected chi connectivity index (χ0v) is 14.6. The molecule has 1 aromatic carbocycles. The van der Waals surface area contributed by atoms with E-state index in [-0.39, 0.29) is 17.7 Å². The van der Waals surface area contributed by atoms with Crippen LogP contribution in [-0.4, -0.2) is 32.0 Å². The first-order chi connectivity index (χ1) is 10.4. The Kier molecular flexibility index (Phi) is 7.66. The average molecular weight is 369 g/mol. The minimum Gasteiger partial charge on any atom is -0.496 e. The summed E-state index contributed by atoms with van der Waals surface area (Å²) in [4.78, 5) is 23.1. The Balaban J connectivity index is 2.45. The fourth-order valence-corrected chi connectivity index (χ4v) is 2.01. The molecule has 0 aliphatic heterocycles. The molecule has 0 radical (unpaired) electrons. The van der Waals surface area contributed by atoms with Gasteiger partial charge in [0.2, 0.25) is 11.8 Å². The lowest BCUT2D eigenvalue weighted by molar-refractivity contribution is -0.124. The number of halogens is 1. The van der Waals surface area contributed by atoms with Crippen LogP contribution in [0.3, 0.4) is 0 Å². The second kappa shape index (κ2) is 9.25. The molecule has 0 spiro atoms. The van der Waals surface area contributed by atoms with Crippen LogP contribution in [0, 0.1) is 5.92 Å². The number of benzene rings is 1. The Bertz CT molecular complexity index is 556. The van der Waals surface area contributed by atoms with Crippen molar-refractivity contribution in [3.63, 3.8) is 0 Å². The number of nitrogens with one attached hydrogen (secondary N) is 2. The maximum Gasteiger partial charge on any atom is 0.244 e. The Morgan fingerprint density at radius 3 is 2.59 bits per heavy atom. The van der Waals surface area contributed by atoms with Gasteiger partial charge in [0.15, 0.2) is 0 Å². The van der Waals surface area contributed by atoms with Crippen molar-refractivity contribution in [1.29, 1.82) is 0 Å². The Labute approximate surface area is 139 Å². The number of amides is 2. The van der Waals surface area contributed by atoms with Crippen LogP contribution in [-0.2, 0) is 9.59 Å². The van der Waals surface area contributed by atoms with Gasteiger partial charge in [0.1, 0.15) is 5.75 Å². The first-order valence-corrected chi connectivity index (χ1v) is 7.80. The van der Waals surface area contributed by atoms with E-state index in [0.717, 1.165) is 10.0 Å². The molecule has 0 fully saturated rings.